The molecule has 0 spiro atoms. The van der Waals surface area contributed by atoms with Crippen molar-refractivity contribution in [2.75, 3.05) is 64.7 Å². The SMILES string of the molecule is NC(CS)C(=O)NCC(=O)OCCOCCOCCOCC[P+](c1ccccc1)(c1ccccc1)c1ccccc1.[Br-]. The highest BCUT2D eigenvalue weighted by Crippen LogP contribution is 2.54. The molecule has 3 rings (SSSR count). The van der Waals surface area contributed by atoms with Crippen LogP contribution in [0, 0.1) is 0 Å². The van der Waals surface area contributed by atoms with Gasteiger partial charge in [0.1, 0.15) is 36.3 Å². The van der Waals surface area contributed by atoms with Gasteiger partial charge >= 0.3 is 5.97 Å². The van der Waals surface area contributed by atoms with Gasteiger partial charge in [0.05, 0.1) is 51.8 Å². The molecule has 1 amide bonds. The number of esters is 1. The predicted molar refractivity (Wildman–Crippen MR) is 168 cm³/mol. The number of benzene rings is 3. The Labute approximate surface area is 265 Å². The molecule has 0 saturated heterocycles. The molecule has 42 heavy (non-hydrogen) atoms. The third-order valence-corrected chi connectivity index (χ3v) is 11.1. The van der Waals surface area contributed by atoms with Crippen molar-refractivity contribution >= 4 is 47.7 Å². The van der Waals surface area contributed by atoms with Gasteiger partial charge in [0, 0.05) is 5.75 Å². The van der Waals surface area contributed by atoms with E-state index in [1.54, 1.807) is 0 Å². The normalized spacial score (nSPS) is 11.8. The number of nitrogens with two attached hydrogens (primary N) is 1. The Bertz CT molecular complexity index is 1070. The fourth-order valence-electron chi connectivity index (χ4n) is 4.26. The summed E-state index contributed by atoms with van der Waals surface area (Å²) >= 11 is 3.94. The minimum atomic E-state index is -1.90. The molecule has 1 unspecified atom stereocenters. The number of halogens is 1. The molecule has 8 nitrogen and oxygen atoms in total. The van der Waals surface area contributed by atoms with Gasteiger partial charge in [-0.25, -0.2) is 0 Å². The van der Waals surface area contributed by atoms with E-state index in [0.717, 1.165) is 6.16 Å². The maximum absolute atomic E-state index is 11.6. The molecule has 11 heteroatoms. The zero-order valence-corrected chi connectivity index (χ0v) is 27.0. The number of nitrogens with one attached hydrogen (secondary N) is 1. The molecule has 0 aliphatic rings. The van der Waals surface area contributed by atoms with E-state index >= 15 is 0 Å². The Morgan fingerprint density at radius 3 is 1.52 bits per heavy atom. The summed E-state index contributed by atoms with van der Waals surface area (Å²) in [4.78, 5) is 23.2. The van der Waals surface area contributed by atoms with Crippen molar-refractivity contribution in [2.45, 2.75) is 6.04 Å². The van der Waals surface area contributed by atoms with Gasteiger partial charge in [-0.3, -0.25) is 9.59 Å². The Hall–Kier alpha value is -2.30. The van der Waals surface area contributed by atoms with Crippen molar-refractivity contribution in [2.24, 2.45) is 5.73 Å². The van der Waals surface area contributed by atoms with Crippen molar-refractivity contribution in [1.82, 2.24) is 5.32 Å². The van der Waals surface area contributed by atoms with E-state index in [2.05, 4.69) is 109 Å². The lowest BCUT2D eigenvalue weighted by atomic mass is 10.3. The van der Waals surface area contributed by atoms with Crippen molar-refractivity contribution in [3.05, 3.63) is 91.0 Å². The maximum atomic E-state index is 11.6. The summed E-state index contributed by atoms with van der Waals surface area (Å²) in [6, 6.07) is 31.5. The van der Waals surface area contributed by atoms with Crippen LogP contribution in [0.5, 0.6) is 0 Å². The van der Waals surface area contributed by atoms with E-state index in [0.29, 0.717) is 33.0 Å². The average molecular weight is 680 g/mol. The number of thiol groups is 1. The molecule has 0 fully saturated rings. The number of carbonyl (C=O) groups excluding carboxylic acids is 2. The van der Waals surface area contributed by atoms with Crippen LogP contribution >= 0.6 is 19.9 Å². The Kier molecular flexibility index (Phi) is 17.6. The molecule has 0 radical (unpaired) electrons. The third kappa shape index (κ3) is 11.4. The van der Waals surface area contributed by atoms with Gasteiger partial charge in [0.2, 0.25) is 5.91 Å². The minimum Gasteiger partial charge on any atom is -1.00 e. The summed E-state index contributed by atoms with van der Waals surface area (Å²) in [5.74, 6) is -0.805. The Morgan fingerprint density at radius 2 is 1.10 bits per heavy atom. The van der Waals surface area contributed by atoms with Crippen LogP contribution < -0.4 is 43.9 Å². The van der Waals surface area contributed by atoms with Gasteiger partial charge in [-0.05, 0) is 36.4 Å². The van der Waals surface area contributed by atoms with Crippen LogP contribution in [0.15, 0.2) is 91.0 Å². The second-order valence-corrected chi connectivity index (χ2v) is 13.1. The highest BCUT2D eigenvalue weighted by molar-refractivity contribution is 7.95. The third-order valence-electron chi connectivity index (χ3n) is 6.34. The van der Waals surface area contributed by atoms with E-state index in [-0.39, 0.29) is 42.5 Å². The van der Waals surface area contributed by atoms with E-state index in [9.17, 15) is 9.59 Å². The number of carbonyl (C=O) groups is 2. The molecule has 228 valence electrons. The predicted octanol–water partition coefficient (Wildman–Crippen LogP) is -1.05. The summed E-state index contributed by atoms with van der Waals surface area (Å²) in [5.41, 5.74) is 5.52. The second kappa shape index (κ2) is 20.6. The zero-order chi connectivity index (χ0) is 29.2. The monoisotopic (exact) mass is 678 g/mol. The first kappa shape index (κ1) is 35.9. The highest BCUT2D eigenvalue weighted by atomic mass is 79.9. The number of ether oxygens (including phenoxy) is 4. The molecule has 0 aromatic heterocycles. The summed E-state index contributed by atoms with van der Waals surface area (Å²) in [6.45, 7) is 2.41. The number of rotatable bonds is 19. The topological polar surface area (TPSA) is 109 Å². The van der Waals surface area contributed by atoms with E-state index in [1.165, 1.54) is 15.9 Å². The average Bonchev–Trinajstić information content (AvgIpc) is 3.03. The van der Waals surface area contributed by atoms with Crippen molar-refractivity contribution < 1.29 is 45.5 Å². The lowest BCUT2D eigenvalue weighted by Crippen LogP contribution is -3.00. The number of amides is 1. The lowest BCUT2D eigenvalue weighted by Gasteiger charge is -2.27. The van der Waals surface area contributed by atoms with Gasteiger partial charge in [0.25, 0.3) is 0 Å². The van der Waals surface area contributed by atoms with Gasteiger partial charge in [-0.1, -0.05) is 54.6 Å². The maximum Gasteiger partial charge on any atom is 0.325 e. The van der Waals surface area contributed by atoms with E-state index in [1.807, 2.05) is 0 Å². The second-order valence-electron chi connectivity index (χ2n) is 9.10. The highest BCUT2D eigenvalue weighted by Gasteiger charge is 2.44. The lowest BCUT2D eigenvalue weighted by molar-refractivity contribution is -0.145. The van der Waals surface area contributed by atoms with Crippen LogP contribution in [0.3, 0.4) is 0 Å². The molecule has 0 bridgehead atoms. The van der Waals surface area contributed by atoms with Crippen LogP contribution in [0.25, 0.3) is 0 Å². The summed E-state index contributed by atoms with van der Waals surface area (Å²) < 4.78 is 22.1. The smallest absolute Gasteiger partial charge is 0.325 e. The molecule has 3 N–H and O–H groups in total. The van der Waals surface area contributed by atoms with Gasteiger partial charge in [-0.2, -0.15) is 12.6 Å². The van der Waals surface area contributed by atoms with Crippen LogP contribution in [0.1, 0.15) is 0 Å². The van der Waals surface area contributed by atoms with Crippen molar-refractivity contribution in [3.63, 3.8) is 0 Å². The first-order valence-corrected chi connectivity index (χ1v) is 16.3. The molecule has 3 aromatic rings. The van der Waals surface area contributed by atoms with E-state index < -0.39 is 25.2 Å². The largest absolute Gasteiger partial charge is 1.00 e. The van der Waals surface area contributed by atoms with Gasteiger partial charge in [-0.15, -0.1) is 0 Å². The quantitative estimate of drug-likeness (QED) is 0.0643. The molecule has 0 saturated carbocycles. The van der Waals surface area contributed by atoms with Crippen LogP contribution in [0.4, 0.5) is 0 Å². The molecule has 0 aliphatic carbocycles. The minimum absolute atomic E-state index is 0. The first-order chi connectivity index (χ1) is 20.1. The molecule has 0 heterocycles. The molecule has 3 aromatic carbocycles. The van der Waals surface area contributed by atoms with Crippen molar-refractivity contribution in [1.29, 1.82) is 0 Å². The summed E-state index contributed by atoms with van der Waals surface area (Å²) in [5, 5.41) is 6.40. The molecule has 0 aliphatic heterocycles. The molecule has 1 atom stereocenters. The fourth-order valence-corrected chi connectivity index (χ4v) is 8.55. The van der Waals surface area contributed by atoms with Crippen molar-refractivity contribution in [3.8, 4) is 0 Å². The number of hydrogen-bond donors (Lipinski definition) is 3. The van der Waals surface area contributed by atoms with Crippen LogP contribution in [-0.2, 0) is 28.5 Å². The van der Waals surface area contributed by atoms with Crippen LogP contribution in [0.2, 0.25) is 0 Å². The van der Waals surface area contributed by atoms with Gasteiger partial charge in [0.15, 0.2) is 0 Å². The van der Waals surface area contributed by atoms with E-state index in [4.69, 9.17) is 24.7 Å². The molecular formula is C31H40BrN2O6PS. The molecular weight excluding hydrogens is 639 g/mol. The Morgan fingerprint density at radius 1 is 0.690 bits per heavy atom. The van der Waals surface area contributed by atoms with Crippen LogP contribution in [-0.4, -0.2) is 82.6 Å². The summed E-state index contributed by atoms with van der Waals surface area (Å²) in [7, 11) is -1.90. The summed E-state index contributed by atoms with van der Waals surface area (Å²) in [6.07, 6.45) is 0.887. The number of hydrogen-bond acceptors (Lipinski definition) is 8. The van der Waals surface area contributed by atoms with Gasteiger partial charge < -0.3 is 47.0 Å². The zero-order valence-electron chi connectivity index (χ0n) is 23.6. The standard InChI is InChI=1S/C31H39N2O6PS.BrH/c32-29(25-41)31(35)33-24-30(34)39-21-20-37-17-16-36-18-19-38-22-23-40(26-10-4-1-5-11-26,27-12-6-2-7-13-27)28-14-8-3-9-15-28;/h1-15,29H,16-25,32H2,(H-,33,35,41);1H. The Balaban J connectivity index is 0.00000616. The fraction of sp³-hybridized carbons (Fsp3) is 0.355. The first-order valence-electron chi connectivity index (χ1n) is 13.7.